The molecule has 1 heterocycles. The Morgan fingerprint density at radius 1 is 1.04 bits per heavy atom. The quantitative estimate of drug-likeness (QED) is 0.796. The van der Waals surface area contributed by atoms with Gasteiger partial charge < -0.3 is 24.6 Å². The molecule has 150 valence electrons. The minimum Gasteiger partial charge on any atom is -0.493 e. The SMILES string of the molecule is CCN1CCN(c2ccc(NC(=O)c3ccc(OC)c(OC)c3)cc2Cl)CC1. The number of carbonyl (C=O) groups is 1. The van der Waals surface area contributed by atoms with Crippen LogP contribution in [0.2, 0.25) is 5.02 Å². The number of amides is 1. The molecule has 1 aliphatic rings. The maximum Gasteiger partial charge on any atom is 0.255 e. The summed E-state index contributed by atoms with van der Waals surface area (Å²) in [5.74, 6) is 0.852. The number of ether oxygens (including phenoxy) is 2. The van der Waals surface area contributed by atoms with Crippen molar-refractivity contribution >= 4 is 28.9 Å². The van der Waals surface area contributed by atoms with Crippen molar-refractivity contribution in [1.82, 2.24) is 4.90 Å². The van der Waals surface area contributed by atoms with E-state index in [4.69, 9.17) is 21.1 Å². The lowest BCUT2D eigenvalue weighted by molar-refractivity contribution is 0.102. The monoisotopic (exact) mass is 403 g/mol. The summed E-state index contributed by atoms with van der Waals surface area (Å²) in [5.41, 5.74) is 2.14. The van der Waals surface area contributed by atoms with E-state index >= 15 is 0 Å². The molecular formula is C21H26ClN3O3. The molecule has 0 aliphatic carbocycles. The van der Waals surface area contributed by atoms with E-state index in [2.05, 4.69) is 22.0 Å². The maximum atomic E-state index is 12.6. The topological polar surface area (TPSA) is 54.0 Å². The molecule has 1 N–H and O–H groups in total. The van der Waals surface area contributed by atoms with Gasteiger partial charge in [-0.2, -0.15) is 0 Å². The van der Waals surface area contributed by atoms with Crippen LogP contribution >= 0.6 is 11.6 Å². The number of anilines is 2. The molecule has 0 spiro atoms. The van der Waals surface area contributed by atoms with Gasteiger partial charge in [0.05, 0.1) is 24.9 Å². The molecule has 0 unspecified atom stereocenters. The first kappa shape index (κ1) is 20.3. The van der Waals surface area contributed by atoms with E-state index in [9.17, 15) is 4.79 Å². The third-order valence-electron chi connectivity index (χ3n) is 5.01. The molecule has 2 aromatic rings. The molecule has 0 atom stereocenters. The zero-order valence-corrected chi connectivity index (χ0v) is 17.3. The molecule has 3 rings (SSSR count). The van der Waals surface area contributed by atoms with Gasteiger partial charge >= 0.3 is 0 Å². The Balaban J connectivity index is 1.70. The second-order valence-corrected chi connectivity index (χ2v) is 7.02. The van der Waals surface area contributed by atoms with Crippen molar-refractivity contribution in [3.05, 3.63) is 47.0 Å². The van der Waals surface area contributed by atoms with E-state index in [1.165, 1.54) is 0 Å². The van der Waals surface area contributed by atoms with E-state index in [0.717, 1.165) is 38.4 Å². The molecule has 0 aromatic heterocycles. The highest BCUT2D eigenvalue weighted by Crippen LogP contribution is 2.31. The van der Waals surface area contributed by atoms with Crippen molar-refractivity contribution in [3.8, 4) is 11.5 Å². The van der Waals surface area contributed by atoms with E-state index in [1.54, 1.807) is 38.5 Å². The molecule has 0 saturated carbocycles. The Hall–Kier alpha value is -2.44. The first-order valence-electron chi connectivity index (χ1n) is 9.36. The average molecular weight is 404 g/mol. The summed E-state index contributed by atoms with van der Waals surface area (Å²) >= 11 is 6.51. The summed E-state index contributed by atoms with van der Waals surface area (Å²) in [4.78, 5) is 17.3. The second kappa shape index (κ2) is 9.17. The summed E-state index contributed by atoms with van der Waals surface area (Å²) < 4.78 is 10.5. The largest absolute Gasteiger partial charge is 0.493 e. The number of nitrogens with one attached hydrogen (secondary N) is 1. The predicted octanol–water partition coefficient (Wildman–Crippen LogP) is 3.75. The van der Waals surface area contributed by atoms with Crippen molar-refractivity contribution in [1.29, 1.82) is 0 Å². The molecule has 28 heavy (non-hydrogen) atoms. The summed E-state index contributed by atoms with van der Waals surface area (Å²) in [6.45, 7) is 7.21. The number of carbonyl (C=O) groups excluding carboxylic acids is 1. The van der Waals surface area contributed by atoms with Crippen LogP contribution in [0.15, 0.2) is 36.4 Å². The van der Waals surface area contributed by atoms with Gasteiger partial charge in [-0.25, -0.2) is 0 Å². The van der Waals surface area contributed by atoms with E-state index < -0.39 is 0 Å². The first-order valence-corrected chi connectivity index (χ1v) is 9.73. The van der Waals surface area contributed by atoms with Gasteiger partial charge in [-0.05, 0) is 42.9 Å². The Kier molecular flexibility index (Phi) is 6.65. The number of hydrogen-bond donors (Lipinski definition) is 1. The summed E-state index contributed by atoms with van der Waals surface area (Å²) in [7, 11) is 3.10. The van der Waals surface area contributed by atoms with Gasteiger partial charge in [-0.1, -0.05) is 18.5 Å². The Labute approximate surface area is 171 Å². The van der Waals surface area contributed by atoms with E-state index in [-0.39, 0.29) is 5.91 Å². The van der Waals surface area contributed by atoms with Crippen LogP contribution in [-0.4, -0.2) is 57.8 Å². The van der Waals surface area contributed by atoms with Crippen LogP contribution in [0.25, 0.3) is 0 Å². The molecule has 1 aliphatic heterocycles. The molecule has 1 fully saturated rings. The average Bonchev–Trinajstić information content (AvgIpc) is 2.73. The Bertz CT molecular complexity index is 836. The van der Waals surface area contributed by atoms with Gasteiger partial charge in [0.15, 0.2) is 11.5 Å². The highest BCUT2D eigenvalue weighted by Gasteiger charge is 2.18. The Morgan fingerprint density at radius 3 is 2.36 bits per heavy atom. The molecule has 1 saturated heterocycles. The van der Waals surface area contributed by atoms with Gasteiger partial charge in [0.2, 0.25) is 0 Å². The zero-order valence-electron chi connectivity index (χ0n) is 16.5. The van der Waals surface area contributed by atoms with Gasteiger partial charge in [0.25, 0.3) is 5.91 Å². The molecule has 0 radical (unpaired) electrons. The smallest absolute Gasteiger partial charge is 0.255 e. The molecule has 0 bridgehead atoms. The normalized spacial score (nSPS) is 14.6. The van der Waals surface area contributed by atoms with Crippen LogP contribution < -0.4 is 19.7 Å². The number of benzene rings is 2. The third kappa shape index (κ3) is 4.51. The number of likely N-dealkylation sites (N-methyl/N-ethyl adjacent to an activating group) is 1. The van der Waals surface area contributed by atoms with Crippen LogP contribution in [0.3, 0.4) is 0 Å². The second-order valence-electron chi connectivity index (χ2n) is 6.61. The zero-order chi connectivity index (χ0) is 20.1. The maximum absolute atomic E-state index is 12.6. The molecule has 6 nitrogen and oxygen atoms in total. The highest BCUT2D eigenvalue weighted by molar-refractivity contribution is 6.33. The fraction of sp³-hybridized carbons (Fsp3) is 0.381. The van der Waals surface area contributed by atoms with E-state index in [1.807, 2.05) is 12.1 Å². The van der Waals surface area contributed by atoms with Gasteiger partial charge in [-0.3, -0.25) is 4.79 Å². The molecule has 2 aromatic carbocycles. The van der Waals surface area contributed by atoms with Crippen LogP contribution in [0, 0.1) is 0 Å². The molecular weight excluding hydrogens is 378 g/mol. The lowest BCUT2D eigenvalue weighted by Crippen LogP contribution is -2.46. The van der Waals surface area contributed by atoms with Gasteiger partial charge in [0.1, 0.15) is 0 Å². The van der Waals surface area contributed by atoms with E-state index in [0.29, 0.717) is 27.8 Å². The summed E-state index contributed by atoms with van der Waals surface area (Å²) in [6, 6.07) is 10.7. The number of piperazine rings is 1. The molecule has 1 amide bonds. The number of methoxy groups -OCH3 is 2. The van der Waals surface area contributed by atoms with Crippen molar-refractivity contribution in [2.45, 2.75) is 6.92 Å². The summed E-state index contributed by atoms with van der Waals surface area (Å²) in [6.07, 6.45) is 0. The van der Waals surface area contributed by atoms with Crippen LogP contribution in [0.4, 0.5) is 11.4 Å². The molecule has 7 heteroatoms. The van der Waals surface area contributed by atoms with Crippen LogP contribution in [0.5, 0.6) is 11.5 Å². The Morgan fingerprint density at radius 2 is 1.75 bits per heavy atom. The van der Waals surface area contributed by atoms with Crippen molar-refractivity contribution in [3.63, 3.8) is 0 Å². The standard InChI is InChI=1S/C21H26ClN3O3/c1-4-24-9-11-25(12-10-24)18-7-6-16(14-17(18)22)23-21(26)15-5-8-19(27-2)20(13-15)28-3/h5-8,13-14H,4,9-12H2,1-3H3,(H,23,26). The lowest BCUT2D eigenvalue weighted by atomic mass is 10.1. The van der Waals surface area contributed by atoms with Crippen molar-refractivity contribution < 1.29 is 14.3 Å². The number of rotatable bonds is 6. The minimum absolute atomic E-state index is 0.235. The number of nitrogens with zero attached hydrogens (tertiary/aromatic N) is 2. The lowest BCUT2D eigenvalue weighted by Gasteiger charge is -2.36. The van der Waals surface area contributed by atoms with Gasteiger partial charge in [0, 0.05) is 37.4 Å². The third-order valence-corrected chi connectivity index (χ3v) is 5.31. The fourth-order valence-corrected chi connectivity index (χ4v) is 3.63. The number of hydrogen-bond acceptors (Lipinski definition) is 5. The van der Waals surface area contributed by atoms with Crippen molar-refractivity contribution in [2.75, 3.05) is 57.2 Å². The predicted molar refractivity (Wildman–Crippen MR) is 113 cm³/mol. The summed E-state index contributed by atoms with van der Waals surface area (Å²) in [5, 5.41) is 3.52. The fourth-order valence-electron chi connectivity index (χ4n) is 3.33. The minimum atomic E-state index is -0.235. The number of halogens is 1. The highest BCUT2D eigenvalue weighted by atomic mass is 35.5. The van der Waals surface area contributed by atoms with Crippen LogP contribution in [0.1, 0.15) is 17.3 Å². The van der Waals surface area contributed by atoms with Crippen LogP contribution in [-0.2, 0) is 0 Å². The first-order chi connectivity index (χ1) is 13.5. The van der Waals surface area contributed by atoms with Gasteiger partial charge in [-0.15, -0.1) is 0 Å². The van der Waals surface area contributed by atoms with Crippen molar-refractivity contribution in [2.24, 2.45) is 0 Å².